The van der Waals surface area contributed by atoms with Crippen LogP contribution >= 0.6 is 0 Å². The van der Waals surface area contributed by atoms with Gasteiger partial charge in [-0.3, -0.25) is 0 Å². The Balaban J connectivity index is 2.73. The van der Waals surface area contributed by atoms with Gasteiger partial charge in [-0.25, -0.2) is 0 Å². The number of hydrogen-bond donors (Lipinski definition) is 2. The quantitative estimate of drug-likeness (QED) is 0.751. The summed E-state index contributed by atoms with van der Waals surface area (Å²) in [6, 6.07) is 7.23. The van der Waals surface area contributed by atoms with E-state index in [1.165, 1.54) is 11.4 Å². The second-order valence-corrected chi connectivity index (χ2v) is 11.3. The van der Waals surface area contributed by atoms with Gasteiger partial charge in [-0.1, -0.05) is 38.9 Å². The number of H-pyrrole nitrogens is 1. The van der Waals surface area contributed by atoms with E-state index >= 15 is 0 Å². The fourth-order valence-electron chi connectivity index (χ4n) is 3.56. The predicted molar refractivity (Wildman–Crippen MR) is 92.9 cm³/mol. The Morgan fingerprint density at radius 2 is 1.70 bits per heavy atom. The van der Waals surface area contributed by atoms with Gasteiger partial charge in [0.1, 0.15) is 8.07 Å². The number of nitrogens with two attached hydrogens (primary N) is 1. The van der Waals surface area contributed by atoms with Crippen LogP contribution in [-0.4, -0.2) is 19.6 Å². The Hall–Kier alpha value is -1.27. The molecular formula is C17H25F3N2Si. The Morgan fingerprint density at radius 3 is 2.17 bits per heavy atom. The average Bonchev–Trinajstić information content (AvgIpc) is 2.88. The fourth-order valence-corrected chi connectivity index (χ4v) is 7.42. The maximum Gasteiger partial charge on any atom is 0.416 e. The molecule has 2 rings (SSSR count). The van der Waals surface area contributed by atoms with Gasteiger partial charge in [0.05, 0.1) is 5.56 Å². The van der Waals surface area contributed by atoms with E-state index in [9.17, 15) is 13.2 Å². The molecule has 0 aliphatic heterocycles. The first-order valence-corrected chi connectivity index (χ1v) is 10.9. The lowest BCUT2D eigenvalue weighted by Gasteiger charge is -2.28. The van der Waals surface area contributed by atoms with E-state index in [4.69, 9.17) is 5.73 Å². The molecule has 1 aromatic carbocycles. The molecule has 1 aromatic heterocycles. The smallest absolute Gasteiger partial charge is 0.362 e. The van der Waals surface area contributed by atoms with Crippen LogP contribution in [0.25, 0.3) is 10.9 Å². The first-order chi connectivity index (χ1) is 10.8. The molecule has 0 radical (unpaired) electrons. The van der Waals surface area contributed by atoms with Crippen LogP contribution in [0.5, 0.6) is 0 Å². The molecule has 0 amide bonds. The molecule has 2 aromatic rings. The number of aromatic nitrogens is 1. The second kappa shape index (κ2) is 6.69. The number of rotatable bonds is 6. The number of halogens is 3. The third-order valence-electron chi connectivity index (χ3n) is 5.19. The monoisotopic (exact) mass is 342 g/mol. The molecule has 2 nitrogen and oxygen atoms in total. The van der Waals surface area contributed by atoms with Gasteiger partial charge in [0.25, 0.3) is 0 Å². The molecule has 23 heavy (non-hydrogen) atoms. The van der Waals surface area contributed by atoms with Gasteiger partial charge < -0.3 is 10.7 Å². The normalized spacial score (nSPS) is 13.0. The number of fused-ring (bicyclic) bond motifs is 1. The number of benzene rings is 1. The van der Waals surface area contributed by atoms with Crippen LogP contribution in [0, 0.1) is 0 Å². The van der Waals surface area contributed by atoms with Gasteiger partial charge in [-0.05, 0) is 36.7 Å². The molecule has 6 heteroatoms. The number of alkyl halides is 3. The third-order valence-corrected chi connectivity index (χ3v) is 10.7. The first-order valence-electron chi connectivity index (χ1n) is 8.25. The number of hydrogen-bond acceptors (Lipinski definition) is 1. The SMILES string of the molecule is CC[Si](CC)(CC)c1[nH]c2ccc(C(F)(F)F)cc2c1CCN. The van der Waals surface area contributed by atoms with E-state index in [0.29, 0.717) is 18.4 Å². The highest BCUT2D eigenvalue weighted by atomic mass is 28.3. The summed E-state index contributed by atoms with van der Waals surface area (Å²) in [4.78, 5) is 3.46. The van der Waals surface area contributed by atoms with Crippen molar-refractivity contribution in [2.45, 2.75) is 51.5 Å². The highest BCUT2D eigenvalue weighted by Gasteiger charge is 2.35. The number of aromatic amines is 1. The Bertz CT molecular complexity index is 664. The zero-order chi connectivity index (χ0) is 17.3. The van der Waals surface area contributed by atoms with Crippen molar-refractivity contribution in [3.8, 4) is 0 Å². The molecule has 128 valence electrons. The highest BCUT2D eigenvalue weighted by molar-refractivity contribution is 6.91. The summed E-state index contributed by atoms with van der Waals surface area (Å²) in [5.41, 5.74) is 6.96. The maximum atomic E-state index is 13.0. The molecule has 0 atom stereocenters. The summed E-state index contributed by atoms with van der Waals surface area (Å²) in [7, 11) is -1.71. The molecule has 0 fully saturated rings. The summed E-state index contributed by atoms with van der Waals surface area (Å²) in [5, 5.41) is 1.89. The van der Waals surface area contributed by atoms with Crippen molar-refractivity contribution in [3.05, 3.63) is 29.3 Å². The van der Waals surface area contributed by atoms with Crippen molar-refractivity contribution in [3.63, 3.8) is 0 Å². The summed E-state index contributed by atoms with van der Waals surface area (Å²) >= 11 is 0. The van der Waals surface area contributed by atoms with Gasteiger partial charge in [-0.2, -0.15) is 13.2 Å². The summed E-state index contributed by atoms with van der Waals surface area (Å²) in [6.45, 7) is 7.02. The molecule has 0 aliphatic rings. The topological polar surface area (TPSA) is 41.8 Å². The van der Waals surface area contributed by atoms with Crippen LogP contribution in [0.15, 0.2) is 18.2 Å². The summed E-state index contributed by atoms with van der Waals surface area (Å²) in [5.74, 6) is 0. The minimum Gasteiger partial charge on any atom is -0.362 e. The zero-order valence-electron chi connectivity index (χ0n) is 14.0. The molecule has 0 saturated heterocycles. The van der Waals surface area contributed by atoms with Gasteiger partial charge >= 0.3 is 6.18 Å². The standard InChI is InChI=1S/C17H25F3N2Si/c1-4-23(5-2,6-3)16-13(9-10-21)14-11-12(17(18,19)20)7-8-15(14)22-16/h7-8,11,22H,4-6,9-10,21H2,1-3H3. The second-order valence-electron chi connectivity index (χ2n) is 6.12. The minimum absolute atomic E-state index is 0.442. The minimum atomic E-state index is -4.32. The molecule has 0 bridgehead atoms. The van der Waals surface area contributed by atoms with E-state index in [1.807, 2.05) is 0 Å². The Kier molecular flexibility index (Phi) is 5.26. The Morgan fingerprint density at radius 1 is 1.09 bits per heavy atom. The highest BCUT2D eigenvalue weighted by Crippen LogP contribution is 2.33. The van der Waals surface area contributed by atoms with Gasteiger partial charge in [0, 0.05) is 16.2 Å². The third kappa shape index (κ3) is 3.19. The van der Waals surface area contributed by atoms with Crippen molar-refractivity contribution < 1.29 is 13.2 Å². The van der Waals surface area contributed by atoms with Gasteiger partial charge in [0.2, 0.25) is 0 Å². The molecule has 0 spiro atoms. The van der Waals surface area contributed by atoms with Crippen LogP contribution in [0.1, 0.15) is 31.9 Å². The van der Waals surface area contributed by atoms with Crippen LogP contribution < -0.4 is 11.1 Å². The van der Waals surface area contributed by atoms with Crippen LogP contribution in [0.2, 0.25) is 18.1 Å². The fraction of sp³-hybridized carbons (Fsp3) is 0.529. The van der Waals surface area contributed by atoms with Crippen molar-refractivity contribution in [2.75, 3.05) is 6.54 Å². The van der Waals surface area contributed by atoms with Crippen LogP contribution in [-0.2, 0) is 12.6 Å². The van der Waals surface area contributed by atoms with E-state index in [2.05, 4.69) is 25.8 Å². The molecule has 0 aliphatic carbocycles. The zero-order valence-corrected chi connectivity index (χ0v) is 15.0. The molecule has 3 N–H and O–H groups in total. The molecule has 1 heterocycles. The van der Waals surface area contributed by atoms with Crippen LogP contribution in [0.4, 0.5) is 13.2 Å². The maximum absolute atomic E-state index is 13.0. The van der Waals surface area contributed by atoms with Gasteiger partial charge in [0.15, 0.2) is 0 Å². The lowest BCUT2D eigenvalue weighted by molar-refractivity contribution is -0.137. The molecule has 0 unspecified atom stereocenters. The lowest BCUT2D eigenvalue weighted by Crippen LogP contribution is -2.48. The molecule has 0 saturated carbocycles. The van der Waals surface area contributed by atoms with Crippen molar-refractivity contribution in [2.24, 2.45) is 5.73 Å². The van der Waals surface area contributed by atoms with E-state index < -0.39 is 19.8 Å². The Labute approximate surface area is 136 Å². The van der Waals surface area contributed by atoms with Crippen molar-refractivity contribution >= 4 is 24.3 Å². The van der Waals surface area contributed by atoms with E-state index in [1.54, 1.807) is 6.07 Å². The predicted octanol–water partition coefficient (Wildman–Crippen LogP) is 4.40. The first kappa shape index (κ1) is 18.1. The van der Waals surface area contributed by atoms with Crippen LogP contribution in [0.3, 0.4) is 0 Å². The number of nitrogens with one attached hydrogen (secondary N) is 1. The largest absolute Gasteiger partial charge is 0.416 e. The summed E-state index contributed by atoms with van der Waals surface area (Å²) in [6.07, 6.45) is -3.70. The average molecular weight is 342 g/mol. The van der Waals surface area contributed by atoms with Crippen molar-refractivity contribution in [1.82, 2.24) is 4.98 Å². The van der Waals surface area contributed by atoms with Gasteiger partial charge in [-0.15, -0.1) is 0 Å². The van der Waals surface area contributed by atoms with E-state index in [0.717, 1.165) is 35.3 Å². The summed E-state index contributed by atoms with van der Waals surface area (Å²) < 4.78 is 39.1. The van der Waals surface area contributed by atoms with E-state index in [-0.39, 0.29) is 0 Å². The molecular weight excluding hydrogens is 317 g/mol. The lowest BCUT2D eigenvalue weighted by atomic mass is 10.1. The van der Waals surface area contributed by atoms with Crippen molar-refractivity contribution in [1.29, 1.82) is 0 Å².